The Morgan fingerprint density at radius 1 is 1.19 bits per heavy atom. The van der Waals surface area contributed by atoms with E-state index >= 15 is 0 Å². The third-order valence-electron chi connectivity index (χ3n) is 3.82. The molecule has 0 spiro atoms. The molecular formula is C18H16F3N3OS. The molecule has 0 aliphatic carbocycles. The third kappa shape index (κ3) is 3.85. The molecule has 0 saturated heterocycles. The topological polar surface area (TPSA) is 46.9 Å². The minimum Gasteiger partial charge on any atom is -0.351 e. The molecule has 1 heterocycles. The molecule has 0 saturated carbocycles. The number of aromatic nitrogens is 2. The number of hydrogen-bond donors (Lipinski definition) is 1. The van der Waals surface area contributed by atoms with Crippen LogP contribution in [0.5, 0.6) is 0 Å². The first-order valence-corrected chi connectivity index (χ1v) is 8.78. The van der Waals surface area contributed by atoms with Crippen LogP contribution in [0.4, 0.5) is 13.2 Å². The molecule has 4 nitrogen and oxygen atoms in total. The number of carbonyl (C=O) groups is 1. The van der Waals surface area contributed by atoms with Crippen molar-refractivity contribution in [2.75, 3.05) is 0 Å². The van der Waals surface area contributed by atoms with E-state index in [-0.39, 0.29) is 17.6 Å². The second-order valence-electron chi connectivity index (χ2n) is 5.60. The molecule has 0 aliphatic rings. The zero-order valence-electron chi connectivity index (χ0n) is 13.8. The molecule has 3 aromatic rings. The predicted molar refractivity (Wildman–Crippen MR) is 94.6 cm³/mol. The van der Waals surface area contributed by atoms with Crippen LogP contribution in [0, 0.1) is 5.82 Å². The highest BCUT2D eigenvalue weighted by molar-refractivity contribution is 8.00. The molecule has 3 rings (SSSR count). The van der Waals surface area contributed by atoms with Gasteiger partial charge in [0.25, 0.3) is 0 Å². The van der Waals surface area contributed by atoms with E-state index in [1.165, 1.54) is 6.07 Å². The lowest BCUT2D eigenvalue weighted by Crippen LogP contribution is -2.31. The van der Waals surface area contributed by atoms with Crippen molar-refractivity contribution in [3.63, 3.8) is 0 Å². The van der Waals surface area contributed by atoms with Gasteiger partial charge in [0.05, 0.1) is 16.3 Å². The Morgan fingerprint density at radius 2 is 1.88 bits per heavy atom. The van der Waals surface area contributed by atoms with E-state index in [0.717, 1.165) is 16.3 Å². The van der Waals surface area contributed by atoms with Crippen molar-refractivity contribution in [2.24, 2.45) is 0 Å². The van der Waals surface area contributed by atoms with E-state index in [4.69, 9.17) is 0 Å². The molecule has 26 heavy (non-hydrogen) atoms. The van der Waals surface area contributed by atoms with Crippen LogP contribution < -0.4 is 5.32 Å². The van der Waals surface area contributed by atoms with Crippen molar-refractivity contribution in [2.45, 2.75) is 30.4 Å². The average molecular weight is 379 g/mol. The minimum absolute atomic E-state index is 0.0294. The number of benzene rings is 2. The van der Waals surface area contributed by atoms with E-state index in [1.807, 2.05) is 0 Å². The van der Waals surface area contributed by atoms with E-state index in [2.05, 4.69) is 10.3 Å². The van der Waals surface area contributed by atoms with Crippen LogP contribution in [0.1, 0.15) is 19.0 Å². The van der Waals surface area contributed by atoms with Gasteiger partial charge in [-0.1, -0.05) is 42.1 Å². The molecule has 0 fully saturated rings. The maximum absolute atomic E-state index is 13.6. The first kappa shape index (κ1) is 18.3. The molecule has 0 radical (unpaired) electrons. The molecule has 8 heteroatoms. The van der Waals surface area contributed by atoms with Gasteiger partial charge in [-0.3, -0.25) is 9.36 Å². The van der Waals surface area contributed by atoms with Gasteiger partial charge in [0.2, 0.25) is 5.91 Å². The van der Waals surface area contributed by atoms with Gasteiger partial charge in [-0.15, -0.1) is 0 Å². The molecule has 2 aromatic carbocycles. The smallest absolute Gasteiger partial charge is 0.321 e. The number of nitrogens with zero attached hydrogens (tertiary/aromatic N) is 2. The summed E-state index contributed by atoms with van der Waals surface area (Å²) in [5.74, 6) is -0.793. The summed E-state index contributed by atoms with van der Waals surface area (Å²) in [6.45, 7) is -1.14. The molecule has 1 unspecified atom stereocenters. The molecule has 1 atom stereocenters. The highest BCUT2D eigenvalue weighted by Gasteiger charge is 2.22. The number of amides is 1. The largest absolute Gasteiger partial charge is 0.351 e. The fourth-order valence-corrected chi connectivity index (χ4v) is 3.42. The lowest BCUT2D eigenvalue weighted by molar-refractivity contribution is -0.120. The summed E-state index contributed by atoms with van der Waals surface area (Å²) >= 11 is 0.938. The van der Waals surface area contributed by atoms with Gasteiger partial charge in [-0.05, 0) is 25.1 Å². The number of thioether (sulfide) groups is 1. The Morgan fingerprint density at radius 3 is 2.62 bits per heavy atom. The third-order valence-corrected chi connectivity index (χ3v) is 4.89. The quantitative estimate of drug-likeness (QED) is 0.647. The zero-order chi connectivity index (χ0) is 18.7. The van der Waals surface area contributed by atoms with Gasteiger partial charge in [0.1, 0.15) is 5.82 Å². The average Bonchev–Trinajstić information content (AvgIpc) is 2.98. The Balaban J connectivity index is 1.72. The number of nitrogens with one attached hydrogen (secondary N) is 1. The molecule has 0 bridgehead atoms. The van der Waals surface area contributed by atoms with E-state index in [1.54, 1.807) is 49.4 Å². The lowest BCUT2D eigenvalue weighted by atomic mass is 10.2. The summed E-state index contributed by atoms with van der Waals surface area (Å²) in [6, 6.07) is 12.7. The monoisotopic (exact) mass is 379 g/mol. The van der Waals surface area contributed by atoms with E-state index in [0.29, 0.717) is 16.6 Å². The number of fused-ring (bicyclic) bond motifs is 1. The van der Waals surface area contributed by atoms with Gasteiger partial charge in [-0.2, -0.15) is 8.78 Å². The first-order chi connectivity index (χ1) is 12.5. The van der Waals surface area contributed by atoms with E-state index in [9.17, 15) is 18.0 Å². The molecule has 1 N–H and O–H groups in total. The fraction of sp³-hybridized carbons (Fsp3) is 0.222. The minimum atomic E-state index is -2.77. The highest BCUT2D eigenvalue weighted by Crippen LogP contribution is 2.31. The van der Waals surface area contributed by atoms with Crippen LogP contribution in [-0.2, 0) is 11.3 Å². The first-order valence-electron chi connectivity index (χ1n) is 7.90. The van der Waals surface area contributed by atoms with Crippen molar-refractivity contribution >= 4 is 28.7 Å². The molecular weight excluding hydrogens is 363 g/mol. The standard InChI is InChI=1S/C18H16F3N3OS/c1-11(16(25)22-10-12-6-2-3-7-13(12)19)26-18-23-14-8-4-5-9-15(14)24(18)17(20)21/h2-9,11,17H,10H2,1H3,(H,22,25). The second-order valence-corrected chi connectivity index (χ2v) is 6.91. The van der Waals surface area contributed by atoms with Crippen LogP contribution in [0.25, 0.3) is 11.0 Å². The number of rotatable bonds is 6. The molecule has 0 aliphatic heterocycles. The SMILES string of the molecule is CC(Sc1nc2ccccc2n1C(F)F)C(=O)NCc1ccccc1F. The summed E-state index contributed by atoms with van der Waals surface area (Å²) in [5.41, 5.74) is 1.11. The highest BCUT2D eigenvalue weighted by atomic mass is 32.2. The van der Waals surface area contributed by atoms with Gasteiger partial charge in [0.15, 0.2) is 5.16 Å². The second kappa shape index (κ2) is 7.82. The van der Waals surface area contributed by atoms with Gasteiger partial charge >= 0.3 is 6.55 Å². The molecule has 136 valence electrons. The van der Waals surface area contributed by atoms with Crippen LogP contribution in [-0.4, -0.2) is 20.7 Å². The van der Waals surface area contributed by atoms with Crippen LogP contribution in [0.15, 0.2) is 53.7 Å². The van der Waals surface area contributed by atoms with Crippen molar-refractivity contribution in [1.82, 2.24) is 14.9 Å². The van der Waals surface area contributed by atoms with Crippen LogP contribution >= 0.6 is 11.8 Å². The van der Waals surface area contributed by atoms with Gasteiger partial charge < -0.3 is 5.32 Å². The normalized spacial score (nSPS) is 12.5. The maximum atomic E-state index is 13.6. The van der Waals surface area contributed by atoms with Crippen molar-refractivity contribution in [1.29, 1.82) is 0 Å². The summed E-state index contributed by atoms with van der Waals surface area (Å²) in [7, 11) is 0. The van der Waals surface area contributed by atoms with Crippen molar-refractivity contribution in [3.05, 3.63) is 59.9 Å². The van der Waals surface area contributed by atoms with Crippen molar-refractivity contribution < 1.29 is 18.0 Å². The predicted octanol–water partition coefficient (Wildman–Crippen LogP) is 4.37. The number of imidazole rings is 1. The molecule has 1 amide bonds. The Bertz CT molecular complexity index is 929. The lowest BCUT2D eigenvalue weighted by Gasteiger charge is -2.13. The molecule has 1 aromatic heterocycles. The van der Waals surface area contributed by atoms with Crippen LogP contribution in [0.2, 0.25) is 0 Å². The summed E-state index contributed by atoms with van der Waals surface area (Å²) in [4.78, 5) is 16.4. The summed E-state index contributed by atoms with van der Waals surface area (Å²) in [6.07, 6.45) is 0. The number of halogens is 3. The Hall–Kier alpha value is -2.48. The number of hydrogen-bond acceptors (Lipinski definition) is 3. The summed E-state index contributed by atoms with van der Waals surface area (Å²) < 4.78 is 41.2. The van der Waals surface area contributed by atoms with Gasteiger partial charge in [0, 0.05) is 12.1 Å². The number of para-hydroxylation sites is 2. The number of carbonyl (C=O) groups excluding carboxylic acids is 1. The fourth-order valence-electron chi connectivity index (χ4n) is 2.47. The van der Waals surface area contributed by atoms with Crippen molar-refractivity contribution in [3.8, 4) is 0 Å². The Labute approximate surface area is 152 Å². The summed E-state index contributed by atoms with van der Waals surface area (Å²) in [5, 5.41) is 2.01. The Kier molecular flexibility index (Phi) is 5.51. The van der Waals surface area contributed by atoms with E-state index < -0.39 is 17.6 Å². The zero-order valence-corrected chi connectivity index (χ0v) is 14.6. The van der Waals surface area contributed by atoms with Gasteiger partial charge in [-0.25, -0.2) is 9.37 Å². The maximum Gasteiger partial charge on any atom is 0.321 e. The number of alkyl halides is 2. The van der Waals surface area contributed by atoms with Crippen LogP contribution in [0.3, 0.4) is 0 Å².